The van der Waals surface area contributed by atoms with E-state index in [9.17, 15) is 0 Å². The molecule has 2 aliphatic rings. The molecular formula is C6H11NO2. The monoisotopic (exact) mass is 129 g/mol. The summed E-state index contributed by atoms with van der Waals surface area (Å²) in [4.78, 5) is 2.18. The summed E-state index contributed by atoms with van der Waals surface area (Å²) in [6.07, 6.45) is 0. The van der Waals surface area contributed by atoms with E-state index in [0.29, 0.717) is 5.92 Å². The number of hydrogen-bond acceptors (Lipinski definition) is 3. The van der Waals surface area contributed by atoms with Crippen LogP contribution in [0.2, 0.25) is 0 Å². The molecule has 0 aliphatic carbocycles. The Morgan fingerprint density at radius 1 is 1.11 bits per heavy atom. The molecule has 0 atom stereocenters. The van der Waals surface area contributed by atoms with Crippen molar-refractivity contribution in [2.75, 3.05) is 33.2 Å². The van der Waals surface area contributed by atoms with E-state index in [4.69, 9.17) is 9.47 Å². The largest absolute Gasteiger partial charge is 0.366 e. The molecule has 0 saturated carbocycles. The molecule has 0 aromatic rings. The fourth-order valence-corrected chi connectivity index (χ4v) is 1.36. The Bertz CT molecular complexity index is 87.2. The van der Waals surface area contributed by atoms with Crippen molar-refractivity contribution in [3.05, 3.63) is 0 Å². The molecule has 3 nitrogen and oxygen atoms in total. The van der Waals surface area contributed by atoms with Crippen LogP contribution in [0.5, 0.6) is 0 Å². The molecule has 2 aliphatic heterocycles. The SMILES string of the molecule is C1OCN2COCC1C2. The topological polar surface area (TPSA) is 21.7 Å². The second-order valence-electron chi connectivity index (χ2n) is 2.72. The molecule has 2 bridgehead atoms. The first kappa shape index (κ1) is 5.65. The van der Waals surface area contributed by atoms with Gasteiger partial charge in [0.05, 0.1) is 13.2 Å². The summed E-state index contributed by atoms with van der Waals surface area (Å²) >= 11 is 0. The number of hydrogen-bond donors (Lipinski definition) is 0. The Morgan fingerprint density at radius 3 is 2.22 bits per heavy atom. The molecule has 2 saturated heterocycles. The lowest BCUT2D eigenvalue weighted by atomic mass is 10.1. The van der Waals surface area contributed by atoms with Crippen LogP contribution in [0.15, 0.2) is 0 Å². The second kappa shape index (κ2) is 2.25. The van der Waals surface area contributed by atoms with Gasteiger partial charge in [-0.1, -0.05) is 0 Å². The molecule has 0 aromatic heterocycles. The van der Waals surface area contributed by atoms with Crippen LogP contribution in [-0.4, -0.2) is 38.1 Å². The van der Waals surface area contributed by atoms with Crippen molar-refractivity contribution in [3.8, 4) is 0 Å². The van der Waals surface area contributed by atoms with Gasteiger partial charge >= 0.3 is 0 Å². The highest BCUT2D eigenvalue weighted by Gasteiger charge is 2.24. The number of fused-ring (bicyclic) bond motifs is 2. The molecule has 0 unspecified atom stereocenters. The summed E-state index contributed by atoms with van der Waals surface area (Å²) in [7, 11) is 0. The predicted molar refractivity (Wildman–Crippen MR) is 31.8 cm³/mol. The molecule has 2 rings (SSSR count). The first-order chi connectivity index (χ1) is 4.45. The Labute approximate surface area is 54.5 Å². The molecule has 2 fully saturated rings. The molecular weight excluding hydrogens is 118 g/mol. The highest BCUT2D eigenvalue weighted by molar-refractivity contribution is 4.69. The van der Waals surface area contributed by atoms with Crippen LogP contribution in [0, 0.1) is 5.92 Å². The molecule has 0 amide bonds. The summed E-state index contributed by atoms with van der Waals surface area (Å²) in [5.74, 6) is 0.632. The lowest BCUT2D eigenvalue weighted by molar-refractivity contribution is -0.153. The fourth-order valence-electron chi connectivity index (χ4n) is 1.36. The summed E-state index contributed by atoms with van der Waals surface area (Å²) in [6, 6.07) is 0. The first-order valence-electron chi connectivity index (χ1n) is 3.33. The molecule has 52 valence electrons. The predicted octanol–water partition coefficient (Wildman–Crippen LogP) is -0.120. The third kappa shape index (κ3) is 1.08. The van der Waals surface area contributed by atoms with Crippen LogP contribution in [-0.2, 0) is 9.47 Å². The van der Waals surface area contributed by atoms with Gasteiger partial charge in [0.2, 0.25) is 0 Å². The minimum Gasteiger partial charge on any atom is -0.366 e. The van der Waals surface area contributed by atoms with Crippen LogP contribution >= 0.6 is 0 Å². The Kier molecular flexibility index (Phi) is 1.41. The van der Waals surface area contributed by atoms with Crippen molar-refractivity contribution in [2.24, 2.45) is 5.92 Å². The van der Waals surface area contributed by atoms with Crippen LogP contribution in [0.4, 0.5) is 0 Å². The van der Waals surface area contributed by atoms with Crippen molar-refractivity contribution < 1.29 is 9.47 Å². The maximum atomic E-state index is 5.28. The number of ether oxygens (including phenoxy) is 2. The van der Waals surface area contributed by atoms with Gasteiger partial charge < -0.3 is 9.47 Å². The summed E-state index contributed by atoms with van der Waals surface area (Å²) < 4.78 is 10.6. The Balaban J connectivity index is 1.96. The molecule has 0 N–H and O–H groups in total. The molecule has 0 radical (unpaired) electrons. The third-order valence-electron chi connectivity index (χ3n) is 1.77. The van der Waals surface area contributed by atoms with E-state index in [1.54, 1.807) is 0 Å². The van der Waals surface area contributed by atoms with Gasteiger partial charge in [0.15, 0.2) is 0 Å². The normalized spacial score (nSPS) is 42.7. The first-order valence-corrected chi connectivity index (χ1v) is 3.33. The average molecular weight is 129 g/mol. The summed E-state index contributed by atoms with van der Waals surface area (Å²) in [5.41, 5.74) is 0. The van der Waals surface area contributed by atoms with E-state index < -0.39 is 0 Å². The fraction of sp³-hybridized carbons (Fsp3) is 1.00. The van der Waals surface area contributed by atoms with Crippen molar-refractivity contribution in [1.29, 1.82) is 0 Å². The quantitative estimate of drug-likeness (QED) is 0.455. The van der Waals surface area contributed by atoms with Crippen molar-refractivity contribution in [1.82, 2.24) is 4.90 Å². The van der Waals surface area contributed by atoms with Gasteiger partial charge in [0, 0.05) is 12.5 Å². The maximum Gasteiger partial charge on any atom is 0.101 e. The number of rotatable bonds is 0. The molecule has 9 heavy (non-hydrogen) atoms. The molecule has 0 aromatic carbocycles. The van der Waals surface area contributed by atoms with Crippen molar-refractivity contribution in [3.63, 3.8) is 0 Å². The van der Waals surface area contributed by atoms with Crippen molar-refractivity contribution in [2.45, 2.75) is 0 Å². The maximum absolute atomic E-state index is 5.28. The minimum absolute atomic E-state index is 0.632. The number of nitrogens with zero attached hydrogens (tertiary/aromatic N) is 1. The van der Waals surface area contributed by atoms with Crippen LogP contribution in [0.25, 0.3) is 0 Å². The second-order valence-corrected chi connectivity index (χ2v) is 2.72. The van der Waals surface area contributed by atoms with Crippen LogP contribution < -0.4 is 0 Å². The summed E-state index contributed by atoms with van der Waals surface area (Å²) in [6.45, 7) is 4.46. The van der Waals surface area contributed by atoms with Gasteiger partial charge in [-0.15, -0.1) is 0 Å². The highest BCUT2D eigenvalue weighted by Crippen LogP contribution is 2.13. The highest BCUT2D eigenvalue weighted by atomic mass is 16.5. The Hall–Kier alpha value is -0.120. The van der Waals surface area contributed by atoms with Gasteiger partial charge in [-0.3, -0.25) is 4.90 Å². The zero-order valence-corrected chi connectivity index (χ0v) is 5.38. The van der Waals surface area contributed by atoms with E-state index in [1.165, 1.54) is 6.54 Å². The third-order valence-corrected chi connectivity index (χ3v) is 1.77. The minimum atomic E-state index is 0.632. The zero-order chi connectivity index (χ0) is 6.10. The van der Waals surface area contributed by atoms with Crippen molar-refractivity contribution >= 4 is 0 Å². The molecule has 3 heteroatoms. The average Bonchev–Trinajstić information content (AvgIpc) is 1.88. The van der Waals surface area contributed by atoms with Gasteiger partial charge in [-0.2, -0.15) is 0 Å². The van der Waals surface area contributed by atoms with Gasteiger partial charge in [0.25, 0.3) is 0 Å². The molecule has 2 heterocycles. The van der Waals surface area contributed by atoms with E-state index >= 15 is 0 Å². The van der Waals surface area contributed by atoms with Crippen LogP contribution in [0.1, 0.15) is 0 Å². The molecule has 0 spiro atoms. The smallest absolute Gasteiger partial charge is 0.101 e. The van der Waals surface area contributed by atoms with E-state index in [2.05, 4.69) is 4.90 Å². The van der Waals surface area contributed by atoms with Gasteiger partial charge in [-0.05, 0) is 0 Å². The standard InChI is InChI=1S/C6H11NO2/c1-6-2-8-4-7(1)5-9-3-6/h6H,1-5H2. The lowest BCUT2D eigenvalue weighted by Gasteiger charge is -2.36. The van der Waals surface area contributed by atoms with E-state index in [0.717, 1.165) is 26.7 Å². The summed E-state index contributed by atoms with van der Waals surface area (Å²) in [5, 5.41) is 0. The van der Waals surface area contributed by atoms with Gasteiger partial charge in [0.1, 0.15) is 13.5 Å². The van der Waals surface area contributed by atoms with E-state index in [1.807, 2.05) is 0 Å². The Morgan fingerprint density at radius 2 is 1.78 bits per heavy atom. The zero-order valence-electron chi connectivity index (χ0n) is 5.38. The van der Waals surface area contributed by atoms with Gasteiger partial charge in [-0.25, -0.2) is 0 Å². The van der Waals surface area contributed by atoms with E-state index in [-0.39, 0.29) is 0 Å². The lowest BCUT2D eigenvalue weighted by Crippen LogP contribution is -2.46. The van der Waals surface area contributed by atoms with Crippen LogP contribution in [0.3, 0.4) is 0 Å².